The van der Waals surface area contributed by atoms with Gasteiger partial charge in [0, 0.05) is 35.3 Å². The van der Waals surface area contributed by atoms with E-state index in [0.717, 1.165) is 11.1 Å². The van der Waals surface area contributed by atoms with Gasteiger partial charge in [-0.1, -0.05) is 42.5 Å². The molecule has 0 fully saturated rings. The van der Waals surface area contributed by atoms with Crippen LogP contribution in [0.3, 0.4) is 0 Å². The minimum atomic E-state index is -0.278. The molecule has 188 valence electrons. The molecule has 36 heavy (non-hydrogen) atoms. The first-order chi connectivity index (χ1) is 17.7. The topological polar surface area (TPSA) is 95.1 Å². The molecule has 0 atom stereocenters. The van der Waals surface area contributed by atoms with Crippen molar-refractivity contribution in [3.8, 4) is 11.5 Å². The van der Waals surface area contributed by atoms with Gasteiger partial charge in [0.25, 0.3) is 11.8 Å². The van der Waals surface area contributed by atoms with Crippen molar-refractivity contribution in [2.24, 2.45) is 0 Å². The van der Waals surface area contributed by atoms with Gasteiger partial charge in [0.15, 0.2) is 0 Å². The van der Waals surface area contributed by atoms with Crippen LogP contribution >= 0.6 is 0 Å². The Bertz CT molecular complexity index is 1080. The van der Waals surface area contributed by atoms with Crippen molar-refractivity contribution in [1.29, 1.82) is 0 Å². The van der Waals surface area contributed by atoms with Gasteiger partial charge in [0.1, 0.15) is 24.7 Å². The van der Waals surface area contributed by atoms with Crippen LogP contribution in [0, 0.1) is 0 Å². The summed E-state index contributed by atoms with van der Waals surface area (Å²) < 4.78 is 22.9. The maximum atomic E-state index is 12.8. The van der Waals surface area contributed by atoms with Crippen molar-refractivity contribution < 1.29 is 28.5 Å². The molecule has 3 aromatic rings. The lowest BCUT2D eigenvalue weighted by molar-refractivity contribution is 0.0272. The highest BCUT2D eigenvalue weighted by Crippen LogP contribution is 2.19. The summed E-state index contributed by atoms with van der Waals surface area (Å²) in [6, 6.07) is 21.7. The molecule has 0 spiro atoms. The van der Waals surface area contributed by atoms with E-state index in [1.807, 2.05) is 48.5 Å². The van der Waals surface area contributed by atoms with Crippen molar-refractivity contribution in [2.75, 3.05) is 39.6 Å². The zero-order valence-electron chi connectivity index (χ0n) is 20.0. The van der Waals surface area contributed by atoms with Gasteiger partial charge in [-0.2, -0.15) is 0 Å². The second kappa shape index (κ2) is 13.3. The summed E-state index contributed by atoms with van der Waals surface area (Å²) in [7, 11) is 0. The third kappa shape index (κ3) is 7.31. The molecule has 0 aliphatic carbocycles. The van der Waals surface area contributed by atoms with Crippen LogP contribution in [0.5, 0.6) is 11.5 Å². The molecule has 2 bridgehead atoms. The van der Waals surface area contributed by atoms with Gasteiger partial charge >= 0.3 is 0 Å². The predicted molar refractivity (Wildman–Crippen MR) is 134 cm³/mol. The largest absolute Gasteiger partial charge is 0.491 e. The van der Waals surface area contributed by atoms with Crippen LogP contribution in [0.1, 0.15) is 31.8 Å². The second-order valence-corrected chi connectivity index (χ2v) is 8.08. The van der Waals surface area contributed by atoms with Crippen LogP contribution in [0.25, 0.3) is 0 Å². The smallest absolute Gasteiger partial charge is 0.251 e. The van der Waals surface area contributed by atoms with E-state index in [2.05, 4.69) is 10.6 Å². The molecule has 0 saturated carbocycles. The third-order valence-electron chi connectivity index (χ3n) is 5.55. The van der Waals surface area contributed by atoms with Gasteiger partial charge < -0.3 is 29.6 Å². The number of ether oxygens (including phenoxy) is 4. The van der Waals surface area contributed by atoms with Crippen LogP contribution in [0.4, 0.5) is 0 Å². The van der Waals surface area contributed by atoms with Crippen molar-refractivity contribution in [1.82, 2.24) is 10.6 Å². The van der Waals surface area contributed by atoms with E-state index in [0.29, 0.717) is 62.3 Å². The lowest BCUT2D eigenvalue weighted by Gasteiger charge is -2.13. The quantitative estimate of drug-likeness (QED) is 0.502. The molecule has 2 N–H and O–H groups in total. The van der Waals surface area contributed by atoms with Crippen molar-refractivity contribution in [3.63, 3.8) is 0 Å². The van der Waals surface area contributed by atoms with Crippen LogP contribution in [-0.2, 0) is 22.6 Å². The molecule has 0 aromatic heterocycles. The Morgan fingerprint density at radius 1 is 0.528 bits per heavy atom. The van der Waals surface area contributed by atoms with E-state index in [4.69, 9.17) is 18.9 Å². The number of hydrogen-bond acceptors (Lipinski definition) is 6. The summed E-state index contributed by atoms with van der Waals surface area (Å²) in [5.74, 6) is 0.807. The molecular weight excluding hydrogens is 460 g/mol. The molecule has 0 radical (unpaired) electrons. The van der Waals surface area contributed by atoms with Gasteiger partial charge in [-0.05, 0) is 30.3 Å². The molecule has 3 aromatic carbocycles. The highest BCUT2D eigenvalue weighted by molar-refractivity contribution is 5.99. The Hall–Kier alpha value is -3.88. The number of amides is 2. The van der Waals surface area contributed by atoms with E-state index in [1.54, 1.807) is 24.3 Å². The second-order valence-electron chi connectivity index (χ2n) is 8.08. The Morgan fingerprint density at radius 3 is 1.47 bits per heavy atom. The first kappa shape index (κ1) is 25.2. The minimum absolute atomic E-state index is 0.278. The van der Waals surface area contributed by atoms with E-state index in [1.165, 1.54) is 0 Å². The summed E-state index contributed by atoms with van der Waals surface area (Å²) in [5, 5.41) is 5.81. The number of rotatable bonds is 0. The zero-order chi connectivity index (χ0) is 25.0. The van der Waals surface area contributed by atoms with Crippen molar-refractivity contribution in [3.05, 3.63) is 95.1 Å². The molecule has 8 heteroatoms. The number of fused-ring (bicyclic) bond motifs is 4. The molecule has 4 rings (SSSR count). The predicted octanol–water partition coefficient (Wildman–Crippen LogP) is 3.35. The maximum absolute atomic E-state index is 12.8. The van der Waals surface area contributed by atoms with Crippen LogP contribution < -0.4 is 20.1 Å². The summed E-state index contributed by atoms with van der Waals surface area (Å²) in [4.78, 5) is 25.6. The summed E-state index contributed by atoms with van der Waals surface area (Å²) in [6.45, 7) is 3.06. The van der Waals surface area contributed by atoms with Gasteiger partial charge in [-0.15, -0.1) is 0 Å². The monoisotopic (exact) mass is 490 g/mol. The fourth-order valence-corrected chi connectivity index (χ4v) is 3.68. The average Bonchev–Trinajstić information content (AvgIpc) is 2.92. The zero-order valence-corrected chi connectivity index (χ0v) is 20.0. The first-order valence-corrected chi connectivity index (χ1v) is 11.9. The van der Waals surface area contributed by atoms with Crippen molar-refractivity contribution >= 4 is 11.8 Å². The number of nitrogens with one attached hydrogen (secondary N) is 2. The average molecular weight is 491 g/mol. The molecule has 0 saturated heterocycles. The Labute approximate surface area is 210 Å². The van der Waals surface area contributed by atoms with Crippen LogP contribution in [0.15, 0.2) is 72.8 Å². The lowest BCUT2D eigenvalue weighted by Crippen LogP contribution is -2.25. The summed E-state index contributed by atoms with van der Waals surface area (Å²) >= 11 is 0. The van der Waals surface area contributed by atoms with E-state index < -0.39 is 0 Å². The summed E-state index contributed by atoms with van der Waals surface area (Å²) in [5.41, 5.74) is 2.49. The highest BCUT2D eigenvalue weighted by atomic mass is 16.6. The standard InChI is InChI=1S/C28H30N2O6/c31-27-21-8-5-9-22(18-21)28(32)30-20-24-7-2-4-11-26(24)36-17-15-34-13-12-33-14-16-35-25-10-3-1-6-23(25)19-29-27/h1-11,18H,12-17,19-20H2,(H,29,31)(H,30,32). The number of benzene rings is 3. The fraction of sp³-hybridized carbons (Fsp3) is 0.286. The molecular formula is C28H30N2O6. The van der Waals surface area contributed by atoms with Gasteiger partial charge in [-0.25, -0.2) is 0 Å². The highest BCUT2D eigenvalue weighted by Gasteiger charge is 2.13. The number of hydrogen-bond donors (Lipinski definition) is 2. The number of para-hydroxylation sites is 2. The lowest BCUT2D eigenvalue weighted by atomic mass is 10.1. The Morgan fingerprint density at radius 2 is 0.972 bits per heavy atom. The maximum Gasteiger partial charge on any atom is 0.251 e. The summed E-state index contributed by atoms with van der Waals surface area (Å²) in [6.07, 6.45) is 0. The Balaban J connectivity index is 1.48. The Kier molecular flexibility index (Phi) is 9.30. The SMILES string of the molecule is O=C1NCc2ccccc2OCCOCCOCCOc2ccccc2CNC(=O)c2cccc1c2. The minimum Gasteiger partial charge on any atom is -0.491 e. The third-order valence-corrected chi connectivity index (χ3v) is 5.55. The van der Waals surface area contributed by atoms with E-state index in [9.17, 15) is 9.59 Å². The van der Waals surface area contributed by atoms with Crippen LogP contribution in [-0.4, -0.2) is 51.5 Å². The first-order valence-electron chi connectivity index (χ1n) is 11.9. The molecule has 8 nitrogen and oxygen atoms in total. The van der Waals surface area contributed by atoms with Gasteiger partial charge in [0.2, 0.25) is 0 Å². The van der Waals surface area contributed by atoms with Gasteiger partial charge in [-0.3, -0.25) is 9.59 Å². The normalized spacial score (nSPS) is 16.2. The number of carbonyl (C=O) groups is 2. The van der Waals surface area contributed by atoms with Crippen molar-refractivity contribution in [2.45, 2.75) is 13.1 Å². The molecule has 0 unspecified atom stereocenters. The van der Waals surface area contributed by atoms with E-state index >= 15 is 0 Å². The molecule has 1 aliphatic heterocycles. The molecule has 1 heterocycles. The molecule has 2 amide bonds. The number of carbonyl (C=O) groups excluding carboxylic acids is 2. The van der Waals surface area contributed by atoms with E-state index in [-0.39, 0.29) is 24.9 Å². The van der Waals surface area contributed by atoms with Crippen LogP contribution in [0.2, 0.25) is 0 Å². The fourth-order valence-electron chi connectivity index (χ4n) is 3.68. The molecule has 1 aliphatic rings. The van der Waals surface area contributed by atoms with Gasteiger partial charge in [0.05, 0.1) is 26.4 Å².